The van der Waals surface area contributed by atoms with Gasteiger partial charge < -0.3 is 9.47 Å². The average Bonchev–Trinajstić information content (AvgIpc) is 2.41. The van der Waals surface area contributed by atoms with Gasteiger partial charge in [0.2, 0.25) is 0 Å². The number of hydrogen-bond acceptors (Lipinski definition) is 2. The van der Waals surface area contributed by atoms with Crippen molar-refractivity contribution in [2.45, 2.75) is 5.88 Å². The van der Waals surface area contributed by atoms with Crippen LogP contribution in [0.1, 0.15) is 5.56 Å². The van der Waals surface area contributed by atoms with Crippen molar-refractivity contribution in [2.75, 3.05) is 7.11 Å². The predicted octanol–water partition coefficient (Wildman–Crippen LogP) is 4.88. The van der Waals surface area contributed by atoms with Crippen molar-refractivity contribution >= 4 is 23.2 Å². The number of rotatable bonds is 4. The summed E-state index contributed by atoms with van der Waals surface area (Å²) >= 11 is 12.0. The lowest BCUT2D eigenvalue weighted by Gasteiger charge is -2.13. The van der Waals surface area contributed by atoms with Gasteiger partial charge in [0.15, 0.2) is 17.2 Å². The molecule has 0 aliphatic carbocycles. The second kappa shape index (κ2) is 5.98. The minimum atomic E-state index is 0.338. The molecular formula is C14H12Cl2O2. The molecule has 0 saturated carbocycles. The van der Waals surface area contributed by atoms with E-state index in [-0.39, 0.29) is 0 Å². The van der Waals surface area contributed by atoms with Crippen LogP contribution in [0.5, 0.6) is 17.2 Å². The lowest BCUT2D eigenvalue weighted by atomic mass is 10.2. The standard InChI is InChI=1S/C14H12Cl2O2/c1-17-12-7-2-3-8-13(12)18-14-10(9-15)5-4-6-11(14)16/h2-8H,9H2,1H3. The van der Waals surface area contributed by atoms with E-state index < -0.39 is 0 Å². The summed E-state index contributed by atoms with van der Waals surface area (Å²) in [6.45, 7) is 0. The third-order valence-corrected chi connectivity index (χ3v) is 3.06. The Hall–Kier alpha value is -1.38. The van der Waals surface area contributed by atoms with Gasteiger partial charge in [-0.3, -0.25) is 0 Å². The number of halogens is 2. The largest absolute Gasteiger partial charge is 0.493 e. The normalized spacial score (nSPS) is 10.2. The fourth-order valence-corrected chi connectivity index (χ4v) is 2.03. The highest BCUT2D eigenvalue weighted by atomic mass is 35.5. The maximum Gasteiger partial charge on any atom is 0.169 e. The zero-order valence-corrected chi connectivity index (χ0v) is 11.3. The first-order valence-electron chi connectivity index (χ1n) is 5.40. The third kappa shape index (κ3) is 2.71. The molecular weight excluding hydrogens is 271 g/mol. The molecule has 2 rings (SSSR count). The fraction of sp³-hybridized carbons (Fsp3) is 0.143. The van der Waals surface area contributed by atoms with Gasteiger partial charge in [-0.15, -0.1) is 11.6 Å². The van der Waals surface area contributed by atoms with Crippen LogP contribution in [0.2, 0.25) is 5.02 Å². The smallest absolute Gasteiger partial charge is 0.169 e. The van der Waals surface area contributed by atoms with E-state index in [1.165, 1.54) is 0 Å². The van der Waals surface area contributed by atoms with Crippen LogP contribution in [-0.2, 0) is 5.88 Å². The number of benzene rings is 2. The SMILES string of the molecule is COc1ccccc1Oc1c(Cl)cccc1CCl. The monoisotopic (exact) mass is 282 g/mol. The molecule has 0 bridgehead atoms. The van der Waals surface area contributed by atoms with Crippen molar-refractivity contribution in [1.82, 2.24) is 0 Å². The summed E-state index contributed by atoms with van der Waals surface area (Å²) in [5, 5.41) is 0.527. The van der Waals surface area contributed by atoms with Crippen LogP contribution in [0.3, 0.4) is 0 Å². The predicted molar refractivity (Wildman–Crippen MR) is 74.1 cm³/mol. The second-order valence-electron chi connectivity index (χ2n) is 3.61. The van der Waals surface area contributed by atoms with Crippen molar-refractivity contribution in [1.29, 1.82) is 0 Å². The Morgan fingerprint density at radius 3 is 2.39 bits per heavy atom. The maximum absolute atomic E-state index is 6.13. The number of alkyl halides is 1. The van der Waals surface area contributed by atoms with E-state index in [0.717, 1.165) is 5.56 Å². The molecule has 0 fully saturated rings. The summed E-state index contributed by atoms with van der Waals surface area (Å²) in [5.41, 5.74) is 0.843. The second-order valence-corrected chi connectivity index (χ2v) is 4.29. The number of para-hydroxylation sites is 3. The van der Waals surface area contributed by atoms with E-state index in [2.05, 4.69) is 0 Å². The van der Waals surface area contributed by atoms with Crippen LogP contribution in [0, 0.1) is 0 Å². The highest BCUT2D eigenvalue weighted by molar-refractivity contribution is 6.32. The van der Waals surface area contributed by atoms with E-state index in [9.17, 15) is 0 Å². The maximum atomic E-state index is 6.13. The topological polar surface area (TPSA) is 18.5 Å². The molecule has 0 heterocycles. The molecule has 0 saturated heterocycles. The van der Waals surface area contributed by atoms with Crippen LogP contribution in [0.25, 0.3) is 0 Å². The van der Waals surface area contributed by atoms with Crippen molar-refractivity contribution < 1.29 is 9.47 Å². The lowest BCUT2D eigenvalue weighted by molar-refractivity contribution is 0.378. The molecule has 0 aliphatic heterocycles. The van der Waals surface area contributed by atoms with Crippen LogP contribution in [-0.4, -0.2) is 7.11 Å². The Morgan fingerprint density at radius 1 is 1.00 bits per heavy atom. The molecule has 0 atom stereocenters. The summed E-state index contributed by atoms with van der Waals surface area (Å²) in [6, 6.07) is 12.9. The minimum Gasteiger partial charge on any atom is -0.493 e. The summed E-state index contributed by atoms with van der Waals surface area (Å²) in [5.74, 6) is 2.17. The summed E-state index contributed by atoms with van der Waals surface area (Å²) < 4.78 is 11.0. The van der Waals surface area contributed by atoms with Gasteiger partial charge in [-0.1, -0.05) is 35.9 Å². The Bertz CT molecular complexity index is 541. The number of methoxy groups -OCH3 is 1. The van der Waals surface area contributed by atoms with Crippen molar-refractivity contribution in [3.05, 3.63) is 53.1 Å². The van der Waals surface area contributed by atoms with E-state index in [4.69, 9.17) is 32.7 Å². The van der Waals surface area contributed by atoms with E-state index in [1.54, 1.807) is 13.2 Å². The molecule has 0 unspecified atom stereocenters. The summed E-state index contributed by atoms with van der Waals surface area (Å²) in [7, 11) is 1.59. The molecule has 0 N–H and O–H groups in total. The average molecular weight is 283 g/mol. The Balaban J connectivity index is 2.39. The van der Waals surface area contributed by atoms with Crippen LogP contribution >= 0.6 is 23.2 Å². The Kier molecular flexibility index (Phi) is 4.34. The van der Waals surface area contributed by atoms with E-state index >= 15 is 0 Å². The van der Waals surface area contributed by atoms with Crippen LogP contribution in [0.15, 0.2) is 42.5 Å². The zero-order chi connectivity index (χ0) is 13.0. The summed E-state index contributed by atoms with van der Waals surface area (Å²) in [4.78, 5) is 0. The van der Waals surface area contributed by atoms with E-state index in [0.29, 0.717) is 28.2 Å². The molecule has 0 aromatic heterocycles. The van der Waals surface area contributed by atoms with E-state index in [1.807, 2.05) is 36.4 Å². The van der Waals surface area contributed by atoms with Crippen molar-refractivity contribution in [3.8, 4) is 17.2 Å². The highest BCUT2D eigenvalue weighted by Crippen LogP contribution is 2.37. The molecule has 2 aromatic carbocycles. The molecule has 2 nitrogen and oxygen atoms in total. The molecule has 18 heavy (non-hydrogen) atoms. The molecule has 4 heteroatoms. The molecule has 2 aromatic rings. The first-order chi connectivity index (χ1) is 8.76. The fourth-order valence-electron chi connectivity index (χ4n) is 1.59. The molecule has 0 spiro atoms. The minimum absolute atomic E-state index is 0.338. The summed E-state index contributed by atoms with van der Waals surface area (Å²) in [6.07, 6.45) is 0. The van der Waals surface area contributed by atoms with Gasteiger partial charge in [0, 0.05) is 5.56 Å². The van der Waals surface area contributed by atoms with Gasteiger partial charge in [0.1, 0.15) is 0 Å². The molecule has 94 valence electrons. The van der Waals surface area contributed by atoms with Gasteiger partial charge in [0.25, 0.3) is 0 Å². The van der Waals surface area contributed by atoms with Crippen LogP contribution in [0.4, 0.5) is 0 Å². The first kappa shape index (κ1) is 13.1. The molecule has 0 aliphatic rings. The number of hydrogen-bond donors (Lipinski definition) is 0. The highest BCUT2D eigenvalue weighted by Gasteiger charge is 2.11. The van der Waals surface area contributed by atoms with Gasteiger partial charge in [0.05, 0.1) is 18.0 Å². The number of ether oxygens (including phenoxy) is 2. The van der Waals surface area contributed by atoms with Gasteiger partial charge in [-0.2, -0.15) is 0 Å². The quantitative estimate of drug-likeness (QED) is 0.744. The zero-order valence-electron chi connectivity index (χ0n) is 9.82. The van der Waals surface area contributed by atoms with Crippen LogP contribution < -0.4 is 9.47 Å². The Labute approximate surface area is 116 Å². The molecule has 0 amide bonds. The Morgan fingerprint density at radius 2 is 1.72 bits per heavy atom. The van der Waals surface area contributed by atoms with Gasteiger partial charge in [-0.05, 0) is 18.2 Å². The van der Waals surface area contributed by atoms with Gasteiger partial charge >= 0.3 is 0 Å². The third-order valence-electron chi connectivity index (χ3n) is 2.47. The van der Waals surface area contributed by atoms with Gasteiger partial charge in [-0.25, -0.2) is 0 Å². The molecule has 0 radical (unpaired) electrons. The first-order valence-corrected chi connectivity index (χ1v) is 6.31. The van der Waals surface area contributed by atoms with Crippen molar-refractivity contribution in [3.63, 3.8) is 0 Å². The lowest BCUT2D eigenvalue weighted by Crippen LogP contribution is -1.93. The van der Waals surface area contributed by atoms with Crippen molar-refractivity contribution in [2.24, 2.45) is 0 Å².